The lowest BCUT2D eigenvalue weighted by atomic mass is 9.96. The number of nitro groups is 1. The number of carbonyl (C=O) groups is 1. The second-order valence-electron chi connectivity index (χ2n) is 8.30. The van der Waals surface area contributed by atoms with Gasteiger partial charge in [-0.2, -0.15) is 4.98 Å². The van der Waals surface area contributed by atoms with Gasteiger partial charge in [-0.15, -0.1) is 0 Å². The molecule has 0 aliphatic heterocycles. The van der Waals surface area contributed by atoms with Crippen LogP contribution >= 0.6 is 0 Å². The van der Waals surface area contributed by atoms with Gasteiger partial charge in [-0.25, -0.2) is 13.4 Å². The molecule has 0 fully saturated rings. The average molecular weight is 474 g/mol. The Hall–Kier alpha value is -3.87. The molecule has 0 saturated heterocycles. The summed E-state index contributed by atoms with van der Waals surface area (Å²) in [5, 5.41) is 17.8. The fraction of sp³-hybridized carbons (Fsp3) is 0.300. The summed E-state index contributed by atoms with van der Waals surface area (Å²) in [5.41, 5.74) is 5.45. The fourth-order valence-corrected chi connectivity index (χ4v) is 3.94. The Balaban J connectivity index is 1.93. The van der Waals surface area contributed by atoms with Gasteiger partial charge in [0.1, 0.15) is 0 Å². The normalized spacial score (nSPS) is 11.9. The largest absolute Gasteiger partial charge is 0.378 e. The van der Waals surface area contributed by atoms with Gasteiger partial charge >= 0.3 is 17.5 Å². The summed E-state index contributed by atoms with van der Waals surface area (Å²) < 4.78 is 29.8. The topological polar surface area (TPSA) is 184 Å². The first-order valence-corrected chi connectivity index (χ1v) is 11.5. The van der Waals surface area contributed by atoms with Gasteiger partial charge in [-0.05, 0) is 23.3 Å². The van der Waals surface area contributed by atoms with Crippen molar-refractivity contribution < 1.29 is 22.7 Å². The van der Waals surface area contributed by atoms with E-state index >= 15 is 0 Å². The highest BCUT2D eigenvalue weighted by Gasteiger charge is 2.25. The zero-order valence-electron chi connectivity index (χ0n) is 18.3. The van der Waals surface area contributed by atoms with Crippen molar-refractivity contribution in [3.8, 4) is 11.1 Å². The van der Waals surface area contributed by atoms with Gasteiger partial charge in [0, 0.05) is 24.4 Å². The Bertz CT molecular complexity index is 1340. The van der Waals surface area contributed by atoms with E-state index in [1.54, 1.807) is 0 Å². The van der Waals surface area contributed by atoms with E-state index in [9.17, 15) is 23.3 Å². The standard InChI is InChI=1S/C20H22N6O6S/c1-20(2,3)19-24-18(32-25-19)17(27)23-10-12-6-5-11(9-14(12)33(4,30)31)13-7-8-22-16(21)15(13)26(28)29/h5-9H,10H2,1-4H3,(H2,21,22)(H,23,27). The summed E-state index contributed by atoms with van der Waals surface area (Å²) in [6.45, 7) is 5.43. The molecule has 3 aromatic rings. The minimum absolute atomic E-state index is 0.106. The second-order valence-corrected chi connectivity index (χ2v) is 10.3. The minimum atomic E-state index is -3.75. The van der Waals surface area contributed by atoms with Crippen LogP contribution in [0.5, 0.6) is 0 Å². The SMILES string of the molecule is CC(C)(C)c1noc(C(=O)NCc2ccc(-c3ccnc(N)c3[N+](=O)[O-])cc2S(C)(=O)=O)n1. The molecule has 0 unspecified atom stereocenters. The first-order chi connectivity index (χ1) is 15.3. The van der Waals surface area contributed by atoms with E-state index in [0.717, 1.165) is 6.26 Å². The van der Waals surface area contributed by atoms with Crippen molar-refractivity contribution in [2.75, 3.05) is 12.0 Å². The molecule has 0 aliphatic carbocycles. The number of carbonyl (C=O) groups excluding carboxylic acids is 1. The van der Waals surface area contributed by atoms with Crippen molar-refractivity contribution in [1.82, 2.24) is 20.4 Å². The molecule has 1 amide bonds. The van der Waals surface area contributed by atoms with Gasteiger partial charge in [-0.3, -0.25) is 14.9 Å². The van der Waals surface area contributed by atoms with Crippen LogP contribution in [0, 0.1) is 10.1 Å². The van der Waals surface area contributed by atoms with Crippen molar-refractivity contribution in [2.45, 2.75) is 37.6 Å². The van der Waals surface area contributed by atoms with Crippen LogP contribution in [-0.2, 0) is 21.8 Å². The number of amides is 1. The number of benzene rings is 1. The fourth-order valence-electron chi connectivity index (χ4n) is 2.98. The van der Waals surface area contributed by atoms with Crippen molar-refractivity contribution in [3.05, 3.63) is 57.9 Å². The molecule has 0 aliphatic rings. The number of pyridine rings is 1. The zero-order valence-corrected chi connectivity index (χ0v) is 19.1. The Morgan fingerprint density at radius 3 is 2.55 bits per heavy atom. The van der Waals surface area contributed by atoms with E-state index in [4.69, 9.17) is 10.3 Å². The van der Waals surface area contributed by atoms with Gasteiger partial charge in [0.15, 0.2) is 15.7 Å². The van der Waals surface area contributed by atoms with Crippen LogP contribution < -0.4 is 11.1 Å². The molecule has 0 bridgehead atoms. The predicted molar refractivity (Wildman–Crippen MR) is 118 cm³/mol. The van der Waals surface area contributed by atoms with Crippen LogP contribution in [0.1, 0.15) is 42.8 Å². The quantitative estimate of drug-likeness (QED) is 0.396. The lowest BCUT2D eigenvalue weighted by molar-refractivity contribution is -0.383. The Morgan fingerprint density at radius 2 is 1.97 bits per heavy atom. The minimum Gasteiger partial charge on any atom is -0.378 e. The van der Waals surface area contributed by atoms with E-state index in [-0.39, 0.29) is 39.8 Å². The summed E-state index contributed by atoms with van der Waals surface area (Å²) in [6.07, 6.45) is 2.29. The van der Waals surface area contributed by atoms with E-state index < -0.39 is 31.8 Å². The highest BCUT2D eigenvalue weighted by Crippen LogP contribution is 2.35. The van der Waals surface area contributed by atoms with Crippen LogP contribution in [-0.4, -0.2) is 40.6 Å². The molecule has 0 atom stereocenters. The number of hydrogen-bond acceptors (Lipinski definition) is 10. The third kappa shape index (κ3) is 5.14. The van der Waals surface area contributed by atoms with Gasteiger partial charge in [0.25, 0.3) is 0 Å². The summed E-state index contributed by atoms with van der Waals surface area (Å²) in [5.74, 6) is -0.851. The molecular formula is C20H22N6O6S. The molecule has 0 spiro atoms. The lowest BCUT2D eigenvalue weighted by Gasteiger charge is -2.12. The van der Waals surface area contributed by atoms with Crippen molar-refractivity contribution >= 4 is 27.2 Å². The third-order valence-corrected chi connectivity index (χ3v) is 5.82. The Labute approximate surface area is 189 Å². The number of nitrogens with one attached hydrogen (secondary N) is 1. The van der Waals surface area contributed by atoms with E-state index in [1.165, 1.54) is 30.5 Å². The van der Waals surface area contributed by atoms with Gasteiger partial charge < -0.3 is 15.6 Å². The summed E-state index contributed by atoms with van der Waals surface area (Å²) in [7, 11) is -3.75. The first-order valence-electron chi connectivity index (χ1n) is 9.63. The highest BCUT2D eigenvalue weighted by molar-refractivity contribution is 7.90. The molecule has 3 N–H and O–H groups in total. The van der Waals surface area contributed by atoms with E-state index in [2.05, 4.69) is 20.4 Å². The zero-order chi connectivity index (χ0) is 24.6. The smallest absolute Gasteiger partial charge is 0.318 e. The van der Waals surface area contributed by atoms with Crippen molar-refractivity contribution in [1.29, 1.82) is 0 Å². The van der Waals surface area contributed by atoms with Gasteiger partial charge in [0.2, 0.25) is 5.82 Å². The van der Waals surface area contributed by atoms with Crippen molar-refractivity contribution in [2.24, 2.45) is 0 Å². The molecule has 0 radical (unpaired) electrons. The molecule has 2 aromatic heterocycles. The maximum absolute atomic E-state index is 12.4. The number of hydrogen-bond donors (Lipinski definition) is 2. The molecule has 3 rings (SSSR count). The molecular weight excluding hydrogens is 452 g/mol. The lowest BCUT2D eigenvalue weighted by Crippen LogP contribution is -2.24. The monoisotopic (exact) mass is 474 g/mol. The summed E-state index contributed by atoms with van der Waals surface area (Å²) >= 11 is 0. The number of aromatic nitrogens is 3. The van der Waals surface area contributed by atoms with Crippen LogP contribution in [0.2, 0.25) is 0 Å². The molecule has 0 saturated carbocycles. The maximum Gasteiger partial charge on any atom is 0.318 e. The Kier molecular flexibility index (Phi) is 6.18. The molecule has 13 heteroatoms. The number of nitrogens with two attached hydrogens (primary N) is 1. The Morgan fingerprint density at radius 1 is 1.27 bits per heavy atom. The number of rotatable bonds is 6. The number of sulfone groups is 1. The van der Waals surface area contributed by atoms with Gasteiger partial charge in [-0.1, -0.05) is 38.1 Å². The molecule has 174 valence electrons. The molecule has 1 aromatic carbocycles. The third-order valence-electron chi connectivity index (χ3n) is 4.64. The summed E-state index contributed by atoms with van der Waals surface area (Å²) in [6, 6.07) is 5.63. The van der Waals surface area contributed by atoms with E-state index in [1.807, 2.05) is 20.8 Å². The molecule has 12 nitrogen and oxygen atoms in total. The summed E-state index contributed by atoms with van der Waals surface area (Å²) in [4.78, 5) is 30.9. The van der Waals surface area contributed by atoms with Crippen molar-refractivity contribution in [3.63, 3.8) is 0 Å². The van der Waals surface area contributed by atoms with E-state index in [0.29, 0.717) is 5.82 Å². The van der Waals surface area contributed by atoms with Gasteiger partial charge in [0.05, 0.1) is 15.4 Å². The number of nitrogens with zero attached hydrogens (tertiary/aromatic N) is 4. The highest BCUT2D eigenvalue weighted by atomic mass is 32.2. The van der Waals surface area contributed by atoms with Crippen LogP contribution in [0.4, 0.5) is 11.5 Å². The average Bonchev–Trinajstić information content (AvgIpc) is 3.21. The molecule has 33 heavy (non-hydrogen) atoms. The second kappa shape index (κ2) is 8.58. The number of nitrogen functional groups attached to an aromatic ring is 1. The first kappa shape index (κ1) is 23.8. The van der Waals surface area contributed by atoms with Crippen LogP contribution in [0.25, 0.3) is 11.1 Å². The predicted octanol–water partition coefficient (Wildman–Crippen LogP) is 2.25. The van der Waals surface area contributed by atoms with Crippen LogP contribution in [0.3, 0.4) is 0 Å². The number of anilines is 1. The van der Waals surface area contributed by atoms with Crippen LogP contribution in [0.15, 0.2) is 39.9 Å². The maximum atomic E-state index is 12.4. The molecule has 2 heterocycles.